The molecular weight excluding hydrogens is 372 g/mol. The molecule has 0 aliphatic heterocycles. The minimum atomic E-state index is -0.625. The van der Waals surface area contributed by atoms with Gasteiger partial charge in [-0.2, -0.15) is 4.98 Å². The summed E-state index contributed by atoms with van der Waals surface area (Å²) in [5, 5.41) is 14.9. The van der Waals surface area contributed by atoms with Gasteiger partial charge in [-0.15, -0.1) is 0 Å². The topological polar surface area (TPSA) is 102 Å². The number of benzene rings is 2. The van der Waals surface area contributed by atoms with Crippen molar-refractivity contribution in [2.75, 3.05) is 6.54 Å². The number of amides is 1. The highest BCUT2D eigenvalue weighted by molar-refractivity contribution is 6.32. The van der Waals surface area contributed by atoms with E-state index in [1.165, 1.54) is 17.0 Å². The molecule has 0 radical (unpaired) electrons. The molecule has 1 amide bonds. The number of hydrogen-bond acceptors (Lipinski definition) is 6. The van der Waals surface area contributed by atoms with E-state index in [2.05, 4.69) is 10.1 Å². The fourth-order valence-corrected chi connectivity index (χ4v) is 2.67. The zero-order valence-corrected chi connectivity index (χ0v) is 15.1. The first-order valence-electron chi connectivity index (χ1n) is 8.10. The Balaban J connectivity index is 1.80. The Labute approximate surface area is 159 Å². The Hall–Kier alpha value is -3.26. The standard InChI is InChI=1S/C18H15ClN4O4/c1-2-22(18(24)13-8-9-14(19)15(10-13)23(25)26)11-16-20-17(21-27-16)12-6-4-3-5-7-12/h3-10H,2,11H2,1H3. The maximum Gasteiger partial charge on any atom is 0.288 e. The number of halogens is 1. The average molecular weight is 387 g/mol. The summed E-state index contributed by atoms with van der Waals surface area (Å²) in [6, 6.07) is 13.3. The van der Waals surface area contributed by atoms with Crippen LogP contribution < -0.4 is 0 Å². The molecule has 2 aromatic carbocycles. The number of aromatic nitrogens is 2. The van der Waals surface area contributed by atoms with E-state index in [1.54, 1.807) is 6.92 Å². The van der Waals surface area contributed by atoms with E-state index in [4.69, 9.17) is 16.1 Å². The monoisotopic (exact) mass is 386 g/mol. The molecule has 0 atom stereocenters. The molecule has 1 aromatic heterocycles. The van der Waals surface area contributed by atoms with Crippen molar-refractivity contribution in [2.24, 2.45) is 0 Å². The largest absolute Gasteiger partial charge is 0.337 e. The molecule has 138 valence electrons. The third-order valence-electron chi connectivity index (χ3n) is 3.88. The van der Waals surface area contributed by atoms with E-state index in [9.17, 15) is 14.9 Å². The summed E-state index contributed by atoms with van der Waals surface area (Å²) < 4.78 is 5.23. The lowest BCUT2D eigenvalue weighted by atomic mass is 10.1. The van der Waals surface area contributed by atoms with Crippen LogP contribution in [0.2, 0.25) is 5.02 Å². The van der Waals surface area contributed by atoms with E-state index in [0.717, 1.165) is 11.6 Å². The maximum absolute atomic E-state index is 12.7. The first-order valence-corrected chi connectivity index (χ1v) is 8.48. The van der Waals surface area contributed by atoms with E-state index < -0.39 is 10.8 Å². The predicted octanol–water partition coefficient (Wildman–Crippen LogP) is 3.96. The van der Waals surface area contributed by atoms with Gasteiger partial charge in [0.2, 0.25) is 11.7 Å². The Morgan fingerprint density at radius 1 is 1.26 bits per heavy atom. The number of carbonyl (C=O) groups is 1. The fraction of sp³-hybridized carbons (Fsp3) is 0.167. The second-order valence-corrected chi connectivity index (χ2v) is 6.03. The summed E-state index contributed by atoms with van der Waals surface area (Å²) in [6.45, 7) is 2.24. The van der Waals surface area contributed by atoms with Crippen molar-refractivity contribution in [1.82, 2.24) is 15.0 Å². The maximum atomic E-state index is 12.7. The molecule has 0 spiro atoms. The molecule has 9 heteroatoms. The number of carbonyl (C=O) groups excluding carboxylic acids is 1. The number of hydrogen-bond donors (Lipinski definition) is 0. The average Bonchev–Trinajstić information content (AvgIpc) is 3.15. The van der Waals surface area contributed by atoms with Crippen molar-refractivity contribution in [2.45, 2.75) is 13.5 Å². The SMILES string of the molecule is CCN(Cc1nc(-c2ccccc2)no1)C(=O)c1ccc(Cl)c([N+](=O)[O-])c1. The van der Waals surface area contributed by atoms with Gasteiger partial charge >= 0.3 is 0 Å². The van der Waals surface area contributed by atoms with Crippen LogP contribution in [0.5, 0.6) is 0 Å². The summed E-state index contributed by atoms with van der Waals surface area (Å²) >= 11 is 5.80. The summed E-state index contributed by atoms with van der Waals surface area (Å²) in [7, 11) is 0. The Kier molecular flexibility index (Phi) is 5.46. The van der Waals surface area contributed by atoms with E-state index in [0.29, 0.717) is 12.4 Å². The zero-order valence-electron chi connectivity index (χ0n) is 14.3. The number of rotatable bonds is 6. The quantitative estimate of drug-likeness (QED) is 0.469. The van der Waals surface area contributed by atoms with Crippen LogP contribution in [0.3, 0.4) is 0 Å². The number of nitro groups is 1. The van der Waals surface area contributed by atoms with Crippen molar-refractivity contribution in [3.05, 3.63) is 75.1 Å². The normalized spacial score (nSPS) is 10.6. The van der Waals surface area contributed by atoms with Gasteiger partial charge in [-0.3, -0.25) is 14.9 Å². The lowest BCUT2D eigenvalue weighted by Gasteiger charge is -2.18. The smallest absolute Gasteiger partial charge is 0.288 e. The predicted molar refractivity (Wildman–Crippen MR) is 98.3 cm³/mol. The second kappa shape index (κ2) is 7.96. The van der Waals surface area contributed by atoms with Crippen molar-refractivity contribution < 1.29 is 14.2 Å². The molecule has 0 N–H and O–H groups in total. The fourth-order valence-electron chi connectivity index (χ4n) is 2.48. The summed E-state index contributed by atoms with van der Waals surface area (Å²) in [5.41, 5.74) is 0.647. The van der Waals surface area contributed by atoms with Gasteiger partial charge in [0.05, 0.1) is 4.92 Å². The van der Waals surface area contributed by atoms with Gasteiger partial charge in [-0.1, -0.05) is 47.1 Å². The molecule has 0 saturated carbocycles. The van der Waals surface area contributed by atoms with Crippen LogP contribution in [-0.2, 0) is 6.54 Å². The Morgan fingerprint density at radius 2 is 2.00 bits per heavy atom. The summed E-state index contributed by atoms with van der Waals surface area (Å²) in [6.07, 6.45) is 0. The lowest BCUT2D eigenvalue weighted by Crippen LogP contribution is -2.30. The first-order chi connectivity index (χ1) is 13.0. The lowest BCUT2D eigenvalue weighted by molar-refractivity contribution is -0.384. The zero-order chi connectivity index (χ0) is 19.4. The van der Waals surface area contributed by atoms with Gasteiger partial charge < -0.3 is 9.42 Å². The molecule has 0 saturated heterocycles. The van der Waals surface area contributed by atoms with Gasteiger partial charge in [0.25, 0.3) is 11.6 Å². The molecule has 27 heavy (non-hydrogen) atoms. The highest BCUT2D eigenvalue weighted by atomic mass is 35.5. The van der Waals surface area contributed by atoms with E-state index >= 15 is 0 Å². The van der Waals surface area contributed by atoms with Crippen molar-refractivity contribution >= 4 is 23.2 Å². The van der Waals surface area contributed by atoms with Crippen LogP contribution in [0.15, 0.2) is 53.1 Å². The Bertz CT molecular complexity index is 975. The molecule has 0 bridgehead atoms. The molecular formula is C18H15ClN4O4. The van der Waals surface area contributed by atoms with Gasteiger partial charge in [0.15, 0.2) is 0 Å². The van der Waals surface area contributed by atoms with Crippen LogP contribution >= 0.6 is 11.6 Å². The minimum absolute atomic E-state index is 0.0241. The van der Waals surface area contributed by atoms with Gasteiger partial charge in [-0.05, 0) is 19.1 Å². The van der Waals surface area contributed by atoms with Gasteiger partial charge in [-0.25, -0.2) is 0 Å². The van der Waals surface area contributed by atoms with Crippen LogP contribution in [0.4, 0.5) is 5.69 Å². The van der Waals surface area contributed by atoms with Gasteiger partial charge in [0.1, 0.15) is 11.6 Å². The second-order valence-electron chi connectivity index (χ2n) is 5.62. The molecule has 3 aromatic rings. The third-order valence-corrected chi connectivity index (χ3v) is 4.20. The van der Waals surface area contributed by atoms with Gasteiger partial charge in [0, 0.05) is 23.7 Å². The van der Waals surface area contributed by atoms with E-state index in [1.807, 2.05) is 30.3 Å². The molecule has 1 heterocycles. The Morgan fingerprint density at radius 3 is 2.67 bits per heavy atom. The van der Waals surface area contributed by atoms with Crippen LogP contribution in [0.25, 0.3) is 11.4 Å². The van der Waals surface area contributed by atoms with Crippen molar-refractivity contribution in [1.29, 1.82) is 0 Å². The van der Waals surface area contributed by atoms with Crippen molar-refractivity contribution in [3.8, 4) is 11.4 Å². The molecule has 0 unspecified atom stereocenters. The van der Waals surface area contributed by atoms with Crippen LogP contribution in [-0.4, -0.2) is 32.4 Å². The number of nitrogens with zero attached hydrogens (tertiary/aromatic N) is 4. The van der Waals surface area contributed by atoms with Crippen LogP contribution in [0.1, 0.15) is 23.2 Å². The first kappa shape index (κ1) is 18.5. The minimum Gasteiger partial charge on any atom is -0.337 e. The van der Waals surface area contributed by atoms with E-state index in [-0.39, 0.29) is 28.7 Å². The molecule has 3 rings (SSSR count). The molecule has 0 aliphatic carbocycles. The third kappa shape index (κ3) is 4.12. The number of nitro benzene ring substituents is 1. The molecule has 0 aliphatic rings. The van der Waals surface area contributed by atoms with Crippen LogP contribution in [0, 0.1) is 10.1 Å². The molecule has 8 nitrogen and oxygen atoms in total. The summed E-state index contributed by atoms with van der Waals surface area (Å²) in [5.74, 6) is 0.306. The highest BCUT2D eigenvalue weighted by Gasteiger charge is 2.21. The summed E-state index contributed by atoms with van der Waals surface area (Å²) in [4.78, 5) is 28.9. The van der Waals surface area contributed by atoms with Crippen molar-refractivity contribution in [3.63, 3.8) is 0 Å². The molecule has 0 fully saturated rings. The highest BCUT2D eigenvalue weighted by Crippen LogP contribution is 2.26.